The van der Waals surface area contributed by atoms with Gasteiger partial charge in [0.25, 0.3) is 5.91 Å². The van der Waals surface area contributed by atoms with Crippen LogP contribution in [-0.4, -0.2) is 50.1 Å². The summed E-state index contributed by atoms with van der Waals surface area (Å²) in [7, 11) is 0. The lowest BCUT2D eigenvalue weighted by Gasteiger charge is -2.36. The number of piperazine rings is 1. The molecule has 1 saturated heterocycles. The Hall–Kier alpha value is -2.50. The Labute approximate surface area is 176 Å². The summed E-state index contributed by atoms with van der Waals surface area (Å²) in [6.45, 7) is 9.91. The number of nitrogens with zero attached hydrogens (tertiary/aromatic N) is 2. The average molecular weight is 412 g/mol. The average Bonchev–Trinajstić information content (AvgIpc) is 2.73. The minimum absolute atomic E-state index is 0.153. The van der Waals surface area contributed by atoms with Crippen molar-refractivity contribution in [2.45, 2.75) is 13.8 Å². The SMILES string of the molecule is CCN1CCN(c2ccc(NC(=O)C3=Cc4cc(Cl)ccc4OC3)cc2C)CC1. The monoisotopic (exact) mass is 411 g/mol. The molecule has 152 valence electrons. The van der Waals surface area contributed by atoms with E-state index >= 15 is 0 Å². The van der Waals surface area contributed by atoms with Crippen molar-refractivity contribution in [2.75, 3.05) is 49.5 Å². The Morgan fingerprint density at radius 3 is 2.66 bits per heavy atom. The van der Waals surface area contributed by atoms with Crippen molar-refractivity contribution >= 4 is 35.0 Å². The van der Waals surface area contributed by atoms with E-state index in [0.717, 1.165) is 49.7 Å². The smallest absolute Gasteiger partial charge is 0.255 e. The van der Waals surface area contributed by atoms with Crippen LogP contribution >= 0.6 is 11.6 Å². The van der Waals surface area contributed by atoms with Gasteiger partial charge in [-0.15, -0.1) is 0 Å². The Kier molecular flexibility index (Phi) is 5.79. The summed E-state index contributed by atoms with van der Waals surface area (Å²) < 4.78 is 5.69. The first-order valence-corrected chi connectivity index (χ1v) is 10.4. The molecule has 0 aromatic heterocycles. The number of hydrogen-bond donors (Lipinski definition) is 1. The molecular weight excluding hydrogens is 386 g/mol. The maximum Gasteiger partial charge on any atom is 0.255 e. The molecule has 2 aromatic rings. The third kappa shape index (κ3) is 4.41. The zero-order valence-electron chi connectivity index (χ0n) is 16.9. The van der Waals surface area contributed by atoms with Crippen LogP contribution < -0.4 is 15.0 Å². The summed E-state index contributed by atoms with van der Waals surface area (Å²) in [5.74, 6) is 0.591. The molecule has 2 aliphatic heterocycles. The van der Waals surface area contributed by atoms with Gasteiger partial charge in [0.05, 0.1) is 5.57 Å². The van der Waals surface area contributed by atoms with E-state index in [1.54, 1.807) is 12.1 Å². The van der Waals surface area contributed by atoms with Crippen LogP contribution in [0.3, 0.4) is 0 Å². The van der Waals surface area contributed by atoms with Gasteiger partial charge in [-0.1, -0.05) is 18.5 Å². The largest absolute Gasteiger partial charge is 0.488 e. The van der Waals surface area contributed by atoms with Crippen molar-refractivity contribution in [3.8, 4) is 5.75 Å². The first-order chi connectivity index (χ1) is 14.0. The van der Waals surface area contributed by atoms with E-state index in [9.17, 15) is 4.79 Å². The molecule has 0 spiro atoms. The highest BCUT2D eigenvalue weighted by atomic mass is 35.5. The number of likely N-dealkylation sites (N-methyl/N-ethyl adjacent to an activating group) is 1. The van der Waals surface area contributed by atoms with Crippen molar-refractivity contribution in [1.82, 2.24) is 4.90 Å². The number of carbonyl (C=O) groups is 1. The number of amides is 1. The fourth-order valence-electron chi connectivity index (χ4n) is 3.88. The van der Waals surface area contributed by atoms with Gasteiger partial charge in [0.15, 0.2) is 0 Å². The molecule has 4 rings (SSSR count). The summed E-state index contributed by atoms with van der Waals surface area (Å²) in [5.41, 5.74) is 4.60. The molecular formula is C23H26ClN3O2. The fourth-order valence-corrected chi connectivity index (χ4v) is 4.06. The fraction of sp³-hybridized carbons (Fsp3) is 0.348. The molecule has 5 nitrogen and oxygen atoms in total. The number of nitrogens with one attached hydrogen (secondary N) is 1. The lowest BCUT2D eigenvalue weighted by Crippen LogP contribution is -2.46. The van der Waals surface area contributed by atoms with Crippen LogP contribution in [0.2, 0.25) is 5.02 Å². The van der Waals surface area contributed by atoms with Gasteiger partial charge < -0.3 is 19.9 Å². The lowest BCUT2D eigenvalue weighted by atomic mass is 10.1. The lowest BCUT2D eigenvalue weighted by molar-refractivity contribution is -0.113. The van der Waals surface area contributed by atoms with Gasteiger partial charge in [-0.05, 0) is 61.5 Å². The highest BCUT2D eigenvalue weighted by molar-refractivity contribution is 6.30. The van der Waals surface area contributed by atoms with E-state index in [2.05, 4.69) is 35.0 Å². The quantitative estimate of drug-likeness (QED) is 0.818. The molecule has 0 unspecified atom stereocenters. The Morgan fingerprint density at radius 2 is 1.93 bits per heavy atom. The number of aryl methyl sites for hydroxylation is 1. The number of fused-ring (bicyclic) bond motifs is 1. The molecule has 6 heteroatoms. The van der Waals surface area contributed by atoms with E-state index in [0.29, 0.717) is 10.6 Å². The molecule has 0 saturated carbocycles. The van der Waals surface area contributed by atoms with Gasteiger partial charge in [0, 0.05) is 48.1 Å². The predicted octanol–water partition coefficient (Wildman–Crippen LogP) is 4.20. The van der Waals surface area contributed by atoms with Crippen molar-refractivity contribution in [3.05, 3.63) is 58.1 Å². The first-order valence-electron chi connectivity index (χ1n) is 10.1. The van der Waals surface area contributed by atoms with Crippen molar-refractivity contribution < 1.29 is 9.53 Å². The summed E-state index contributed by atoms with van der Waals surface area (Å²) >= 11 is 6.05. The summed E-state index contributed by atoms with van der Waals surface area (Å²) in [6.07, 6.45) is 1.84. The number of benzene rings is 2. The van der Waals surface area contributed by atoms with Crippen molar-refractivity contribution in [2.24, 2.45) is 0 Å². The van der Waals surface area contributed by atoms with Crippen LogP contribution in [-0.2, 0) is 4.79 Å². The Bertz CT molecular complexity index is 949. The second-order valence-electron chi connectivity index (χ2n) is 7.52. The number of anilines is 2. The summed E-state index contributed by atoms with van der Waals surface area (Å²) in [4.78, 5) is 17.6. The van der Waals surface area contributed by atoms with Gasteiger partial charge in [-0.2, -0.15) is 0 Å². The normalized spacial score (nSPS) is 16.7. The third-order valence-corrected chi connectivity index (χ3v) is 5.83. The van der Waals surface area contributed by atoms with Gasteiger partial charge >= 0.3 is 0 Å². The van der Waals surface area contributed by atoms with Crippen LogP contribution in [0.5, 0.6) is 5.75 Å². The molecule has 0 atom stereocenters. The molecule has 2 aliphatic rings. The molecule has 1 N–H and O–H groups in total. The van der Waals surface area contributed by atoms with Gasteiger partial charge in [0.2, 0.25) is 0 Å². The molecule has 0 radical (unpaired) electrons. The molecule has 2 aromatic carbocycles. The van der Waals surface area contributed by atoms with Crippen LogP contribution in [0.4, 0.5) is 11.4 Å². The van der Waals surface area contributed by atoms with E-state index < -0.39 is 0 Å². The van der Waals surface area contributed by atoms with Crippen LogP contribution in [0.1, 0.15) is 18.1 Å². The molecule has 1 amide bonds. The second kappa shape index (κ2) is 8.47. The second-order valence-corrected chi connectivity index (χ2v) is 7.95. The van der Waals surface area contributed by atoms with Crippen LogP contribution in [0.15, 0.2) is 42.0 Å². The van der Waals surface area contributed by atoms with E-state index in [1.807, 2.05) is 24.3 Å². The third-order valence-electron chi connectivity index (χ3n) is 5.59. The zero-order valence-corrected chi connectivity index (χ0v) is 17.6. The van der Waals surface area contributed by atoms with Crippen LogP contribution in [0, 0.1) is 6.92 Å². The topological polar surface area (TPSA) is 44.8 Å². The maximum atomic E-state index is 12.7. The highest BCUT2D eigenvalue weighted by Crippen LogP contribution is 2.30. The van der Waals surface area contributed by atoms with Crippen molar-refractivity contribution in [1.29, 1.82) is 0 Å². The van der Waals surface area contributed by atoms with Crippen LogP contribution in [0.25, 0.3) is 6.08 Å². The Morgan fingerprint density at radius 1 is 1.14 bits per heavy atom. The number of hydrogen-bond acceptors (Lipinski definition) is 4. The number of rotatable bonds is 4. The summed E-state index contributed by atoms with van der Waals surface area (Å²) in [5, 5.41) is 3.62. The molecule has 1 fully saturated rings. The minimum Gasteiger partial charge on any atom is -0.488 e. The Balaban J connectivity index is 1.45. The highest BCUT2D eigenvalue weighted by Gasteiger charge is 2.20. The van der Waals surface area contributed by atoms with E-state index in [-0.39, 0.29) is 12.5 Å². The first kappa shape index (κ1) is 19.8. The van der Waals surface area contributed by atoms with E-state index in [1.165, 1.54) is 11.3 Å². The number of carbonyl (C=O) groups excluding carboxylic acids is 1. The molecule has 0 aliphatic carbocycles. The number of halogens is 1. The van der Waals surface area contributed by atoms with Crippen molar-refractivity contribution in [3.63, 3.8) is 0 Å². The minimum atomic E-state index is -0.153. The zero-order chi connectivity index (χ0) is 20.4. The number of ether oxygens (including phenoxy) is 1. The van der Waals surface area contributed by atoms with Gasteiger partial charge in [-0.3, -0.25) is 4.79 Å². The molecule has 0 bridgehead atoms. The van der Waals surface area contributed by atoms with Gasteiger partial charge in [-0.25, -0.2) is 0 Å². The predicted molar refractivity (Wildman–Crippen MR) is 119 cm³/mol. The van der Waals surface area contributed by atoms with E-state index in [4.69, 9.17) is 16.3 Å². The van der Waals surface area contributed by atoms with Gasteiger partial charge in [0.1, 0.15) is 12.4 Å². The molecule has 2 heterocycles. The molecule has 29 heavy (non-hydrogen) atoms. The summed E-state index contributed by atoms with van der Waals surface area (Å²) in [6, 6.07) is 11.5. The standard InChI is InChI=1S/C23H26ClN3O2/c1-3-26-8-10-27(11-9-26)21-6-5-20(12-16(21)2)25-23(28)18-13-17-14-19(24)4-7-22(17)29-15-18/h4-7,12-14H,3,8-11,15H2,1-2H3,(H,25,28). The maximum absolute atomic E-state index is 12.7.